The number of rotatable bonds is 6. The Balaban J connectivity index is 2.55. The van der Waals surface area contributed by atoms with Gasteiger partial charge in [0.15, 0.2) is 0 Å². The predicted octanol–water partition coefficient (Wildman–Crippen LogP) is 1.73. The molecule has 0 aliphatic carbocycles. The highest BCUT2D eigenvalue weighted by atomic mass is 32.2. The van der Waals surface area contributed by atoms with Gasteiger partial charge in [-0.25, -0.2) is 4.39 Å². The van der Waals surface area contributed by atoms with E-state index in [0.29, 0.717) is 12.1 Å². The smallest absolute Gasteiger partial charge is 0.127 e. The highest BCUT2D eigenvalue weighted by molar-refractivity contribution is 7.99. The van der Waals surface area contributed by atoms with Gasteiger partial charge in [-0.2, -0.15) is 11.8 Å². The zero-order valence-corrected chi connectivity index (χ0v) is 10.8. The minimum absolute atomic E-state index is 0.0713. The number of hydrogen-bond donors (Lipinski definition) is 3. The number of aliphatic hydroxyl groups excluding tert-OH is 1. The summed E-state index contributed by atoms with van der Waals surface area (Å²) in [5.41, 5.74) is 0.687. The lowest BCUT2D eigenvalue weighted by Crippen LogP contribution is -2.37. The number of phenolic OH excluding ortho intramolecular Hbond substituents is 1. The van der Waals surface area contributed by atoms with Gasteiger partial charge in [-0.15, -0.1) is 0 Å². The molecule has 0 aliphatic heterocycles. The van der Waals surface area contributed by atoms with E-state index in [4.69, 9.17) is 5.11 Å². The van der Waals surface area contributed by atoms with Gasteiger partial charge in [-0.1, -0.05) is 0 Å². The molecule has 2 unspecified atom stereocenters. The maximum Gasteiger partial charge on any atom is 0.127 e. The SMILES string of the molecule is CSC(CO)C(C)NCc1cc(O)cc(F)c1. The highest BCUT2D eigenvalue weighted by Gasteiger charge is 2.14. The molecule has 0 radical (unpaired) electrons. The van der Waals surface area contributed by atoms with E-state index in [1.807, 2.05) is 13.2 Å². The normalized spacial score (nSPS) is 14.6. The molecule has 3 nitrogen and oxygen atoms in total. The fourth-order valence-electron chi connectivity index (χ4n) is 1.58. The third-order valence-electron chi connectivity index (χ3n) is 2.61. The number of phenols is 1. The summed E-state index contributed by atoms with van der Waals surface area (Å²) in [6.07, 6.45) is 1.94. The average molecular weight is 259 g/mol. The molecule has 0 fully saturated rings. The van der Waals surface area contributed by atoms with Crippen molar-refractivity contribution in [3.05, 3.63) is 29.6 Å². The monoisotopic (exact) mass is 259 g/mol. The van der Waals surface area contributed by atoms with E-state index in [1.54, 1.807) is 11.8 Å². The van der Waals surface area contributed by atoms with Crippen LogP contribution in [0.25, 0.3) is 0 Å². The summed E-state index contributed by atoms with van der Waals surface area (Å²) in [4.78, 5) is 0. The molecule has 0 aromatic heterocycles. The maximum absolute atomic E-state index is 13.0. The number of halogens is 1. The molecular weight excluding hydrogens is 241 g/mol. The van der Waals surface area contributed by atoms with Gasteiger partial charge in [0.05, 0.1) is 6.61 Å². The van der Waals surface area contributed by atoms with Crippen LogP contribution in [0.3, 0.4) is 0 Å². The van der Waals surface area contributed by atoms with Crippen LogP contribution in [0.4, 0.5) is 4.39 Å². The largest absolute Gasteiger partial charge is 0.508 e. The van der Waals surface area contributed by atoms with E-state index in [1.165, 1.54) is 12.1 Å². The second kappa shape index (κ2) is 6.83. The van der Waals surface area contributed by atoms with E-state index >= 15 is 0 Å². The topological polar surface area (TPSA) is 52.5 Å². The predicted molar refractivity (Wildman–Crippen MR) is 68.8 cm³/mol. The van der Waals surface area contributed by atoms with E-state index in [-0.39, 0.29) is 23.6 Å². The third-order valence-corrected chi connectivity index (χ3v) is 3.77. The Morgan fingerprint density at radius 3 is 2.65 bits per heavy atom. The molecule has 0 aliphatic rings. The van der Waals surface area contributed by atoms with Crippen molar-refractivity contribution in [3.63, 3.8) is 0 Å². The molecule has 3 N–H and O–H groups in total. The Bertz CT molecular complexity index is 338. The zero-order chi connectivity index (χ0) is 12.8. The van der Waals surface area contributed by atoms with Crippen LogP contribution in [0.2, 0.25) is 0 Å². The van der Waals surface area contributed by atoms with Gasteiger partial charge in [0, 0.05) is 23.9 Å². The zero-order valence-electron chi connectivity index (χ0n) is 9.98. The number of hydrogen-bond acceptors (Lipinski definition) is 4. The number of aliphatic hydroxyl groups is 1. The van der Waals surface area contributed by atoms with Crippen LogP contribution in [0.5, 0.6) is 5.75 Å². The van der Waals surface area contributed by atoms with Gasteiger partial charge in [-0.05, 0) is 30.9 Å². The number of aromatic hydroxyl groups is 1. The van der Waals surface area contributed by atoms with Crippen molar-refractivity contribution in [3.8, 4) is 5.75 Å². The van der Waals surface area contributed by atoms with Gasteiger partial charge in [0.25, 0.3) is 0 Å². The van der Waals surface area contributed by atoms with Crippen molar-refractivity contribution in [2.75, 3.05) is 12.9 Å². The van der Waals surface area contributed by atoms with E-state index < -0.39 is 5.82 Å². The van der Waals surface area contributed by atoms with Crippen molar-refractivity contribution in [1.29, 1.82) is 0 Å². The van der Waals surface area contributed by atoms with E-state index in [2.05, 4.69) is 5.32 Å². The van der Waals surface area contributed by atoms with Crippen LogP contribution < -0.4 is 5.32 Å². The first-order valence-electron chi connectivity index (χ1n) is 5.42. The molecule has 5 heteroatoms. The van der Waals surface area contributed by atoms with Crippen molar-refractivity contribution < 1.29 is 14.6 Å². The Morgan fingerprint density at radius 2 is 2.12 bits per heavy atom. The molecule has 0 saturated carbocycles. The Kier molecular flexibility index (Phi) is 5.74. The summed E-state index contributed by atoms with van der Waals surface area (Å²) in [6.45, 7) is 2.53. The molecule has 0 spiro atoms. The quantitative estimate of drug-likeness (QED) is 0.728. The summed E-state index contributed by atoms with van der Waals surface area (Å²) < 4.78 is 13.0. The average Bonchev–Trinajstić information content (AvgIpc) is 2.27. The van der Waals surface area contributed by atoms with Crippen LogP contribution in [0.15, 0.2) is 18.2 Å². The van der Waals surface area contributed by atoms with Crippen LogP contribution in [0, 0.1) is 5.82 Å². The summed E-state index contributed by atoms with van der Waals surface area (Å²) in [5.74, 6) is -0.518. The molecule has 96 valence electrons. The fraction of sp³-hybridized carbons (Fsp3) is 0.500. The minimum Gasteiger partial charge on any atom is -0.508 e. The third kappa shape index (κ3) is 4.53. The highest BCUT2D eigenvalue weighted by Crippen LogP contribution is 2.15. The first-order valence-corrected chi connectivity index (χ1v) is 6.71. The molecule has 0 saturated heterocycles. The lowest BCUT2D eigenvalue weighted by Gasteiger charge is -2.21. The first-order chi connectivity index (χ1) is 8.06. The Labute approximate surface area is 105 Å². The molecule has 1 rings (SSSR count). The molecule has 1 aromatic carbocycles. The molecule has 1 aromatic rings. The molecule has 0 amide bonds. The summed E-state index contributed by atoms with van der Waals surface area (Å²) in [5, 5.41) is 21.7. The Hall–Kier alpha value is -0.780. The molecular formula is C12H18FNO2S. The summed E-state index contributed by atoms with van der Waals surface area (Å²) >= 11 is 1.58. The van der Waals surface area contributed by atoms with Gasteiger partial charge >= 0.3 is 0 Å². The minimum atomic E-state index is -0.446. The Morgan fingerprint density at radius 1 is 1.41 bits per heavy atom. The standard InChI is InChI=1S/C12H18FNO2S/c1-8(12(7-15)17-2)14-6-9-3-10(13)5-11(16)4-9/h3-5,8,12,14-16H,6-7H2,1-2H3. The van der Waals surface area contributed by atoms with Crippen molar-refractivity contribution in [1.82, 2.24) is 5.32 Å². The first kappa shape index (κ1) is 14.3. The lowest BCUT2D eigenvalue weighted by atomic mass is 10.1. The van der Waals surface area contributed by atoms with Crippen LogP contribution in [-0.4, -0.2) is 34.4 Å². The number of benzene rings is 1. The number of thioether (sulfide) groups is 1. The van der Waals surface area contributed by atoms with Crippen LogP contribution in [-0.2, 0) is 6.54 Å². The second-order valence-corrected chi connectivity index (χ2v) is 5.02. The molecule has 0 bridgehead atoms. The van der Waals surface area contributed by atoms with Crippen LogP contribution in [0.1, 0.15) is 12.5 Å². The van der Waals surface area contributed by atoms with E-state index in [0.717, 1.165) is 6.07 Å². The van der Waals surface area contributed by atoms with Gasteiger partial charge in [-0.3, -0.25) is 0 Å². The lowest BCUT2D eigenvalue weighted by molar-refractivity contribution is 0.275. The van der Waals surface area contributed by atoms with Crippen molar-refractivity contribution >= 4 is 11.8 Å². The second-order valence-electron chi connectivity index (χ2n) is 3.94. The van der Waals surface area contributed by atoms with Crippen molar-refractivity contribution in [2.24, 2.45) is 0 Å². The molecule has 17 heavy (non-hydrogen) atoms. The van der Waals surface area contributed by atoms with Gasteiger partial charge in [0.1, 0.15) is 11.6 Å². The molecule has 2 atom stereocenters. The van der Waals surface area contributed by atoms with Gasteiger partial charge in [0.2, 0.25) is 0 Å². The summed E-state index contributed by atoms with van der Waals surface area (Å²) in [7, 11) is 0. The summed E-state index contributed by atoms with van der Waals surface area (Å²) in [6, 6.07) is 4.09. The number of nitrogens with one attached hydrogen (secondary N) is 1. The molecule has 0 heterocycles. The van der Waals surface area contributed by atoms with Crippen LogP contribution >= 0.6 is 11.8 Å². The fourth-order valence-corrected chi connectivity index (χ4v) is 2.24. The van der Waals surface area contributed by atoms with Gasteiger partial charge < -0.3 is 15.5 Å². The van der Waals surface area contributed by atoms with E-state index in [9.17, 15) is 9.50 Å². The maximum atomic E-state index is 13.0. The van der Waals surface area contributed by atoms with Crippen molar-refractivity contribution in [2.45, 2.75) is 24.8 Å².